The normalized spacial score (nSPS) is 12.1. The average molecular weight is 406 g/mol. The van der Waals surface area contributed by atoms with Gasteiger partial charge in [-0.3, -0.25) is 9.59 Å². The molecular formula is C16H18N6O3S2. The molecule has 2 amide bonds. The van der Waals surface area contributed by atoms with Gasteiger partial charge in [-0.2, -0.15) is 0 Å². The van der Waals surface area contributed by atoms with Crippen molar-refractivity contribution in [2.24, 2.45) is 5.73 Å². The SMILES string of the molecule is Cc1cc(NC(=O)[C@H](C)Sc2nnc(-c3cccs3)n2CCC(N)=O)no1. The molecule has 142 valence electrons. The van der Waals surface area contributed by atoms with E-state index in [9.17, 15) is 9.59 Å². The number of aryl methyl sites for hydroxylation is 1. The van der Waals surface area contributed by atoms with Crippen molar-refractivity contribution in [3.05, 3.63) is 29.3 Å². The van der Waals surface area contributed by atoms with Crippen molar-refractivity contribution < 1.29 is 14.1 Å². The lowest BCUT2D eigenvalue weighted by Gasteiger charge is -2.12. The van der Waals surface area contributed by atoms with Crippen LogP contribution in [0.3, 0.4) is 0 Å². The molecule has 3 heterocycles. The zero-order valence-corrected chi connectivity index (χ0v) is 16.3. The van der Waals surface area contributed by atoms with Crippen LogP contribution in [0, 0.1) is 6.92 Å². The van der Waals surface area contributed by atoms with E-state index in [4.69, 9.17) is 10.3 Å². The first-order valence-electron chi connectivity index (χ1n) is 8.10. The first-order chi connectivity index (χ1) is 12.9. The Bertz CT molecular complexity index is 934. The number of nitrogens with zero attached hydrogens (tertiary/aromatic N) is 4. The standard InChI is InChI=1S/C16H18N6O3S2/c1-9-8-13(21-25-9)18-15(24)10(2)27-16-20-19-14(11-4-3-7-26-11)22(16)6-5-12(17)23/h3-4,7-8,10H,5-6H2,1-2H3,(H2,17,23)(H,18,21,24)/t10-/m0/s1. The zero-order valence-electron chi connectivity index (χ0n) is 14.7. The number of hydrogen-bond acceptors (Lipinski definition) is 8. The number of thiophene rings is 1. The van der Waals surface area contributed by atoms with Gasteiger partial charge in [-0.15, -0.1) is 21.5 Å². The van der Waals surface area contributed by atoms with E-state index in [-0.39, 0.29) is 12.3 Å². The molecular weight excluding hydrogens is 388 g/mol. The smallest absolute Gasteiger partial charge is 0.238 e. The third-order valence-electron chi connectivity index (χ3n) is 3.57. The maximum atomic E-state index is 12.4. The zero-order chi connectivity index (χ0) is 19.4. The van der Waals surface area contributed by atoms with E-state index < -0.39 is 11.2 Å². The number of carbonyl (C=O) groups excluding carboxylic acids is 2. The fourth-order valence-corrected chi connectivity index (χ4v) is 3.84. The number of thioether (sulfide) groups is 1. The Hall–Kier alpha value is -2.66. The highest BCUT2D eigenvalue weighted by atomic mass is 32.2. The third kappa shape index (κ3) is 4.74. The van der Waals surface area contributed by atoms with Gasteiger partial charge in [0.2, 0.25) is 11.8 Å². The van der Waals surface area contributed by atoms with E-state index in [2.05, 4.69) is 20.7 Å². The van der Waals surface area contributed by atoms with Crippen LogP contribution in [0.15, 0.2) is 33.3 Å². The molecule has 0 aromatic carbocycles. The summed E-state index contributed by atoms with van der Waals surface area (Å²) in [5, 5.41) is 16.9. The fraction of sp³-hybridized carbons (Fsp3) is 0.312. The second kappa shape index (κ2) is 8.35. The Morgan fingerprint density at radius 1 is 1.44 bits per heavy atom. The van der Waals surface area contributed by atoms with Crippen molar-refractivity contribution >= 4 is 40.7 Å². The van der Waals surface area contributed by atoms with E-state index in [1.54, 1.807) is 19.9 Å². The molecule has 0 saturated carbocycles. The lowest BCUT2D eigenvalue weighted by molar-refractivity contribution is -0.118. The lowest BCUT2D eigenvalue weighted by Crippen LogP contribution is -2.23. The number of aromatic nitrogens is 4. The molecule has 0 spiro atoms. The number of nitrogens with one attached hydrogen (secondary N) is 1. The van der Waals surface area contributed by atoms with Gasteiger partial charge in [-0.1, -0.05) is 23.0 Å². The van der Waals surface area contributed by atoms with Crippen molar-refractivity contribution in [1.29, 1.82) is 0 Å². The minimum absolute atomic E-state index is 0.156. The molecule has 3 aromatic heterocycles. The summed E-state index contributed by atoms with van der Waals surface area (Å²) in [6, 6.07) is 5.47. The highest BCUT2D eigenvalue weighted by molar-refractivity contribution is 8.00. The molecule has 11 heteroatoms. The summed E-state index contributed by atoms with van der Waals surface area (Å²) in [6.07, 6.45) is 0.156. The number of carbonyl (C=O) groups is 2. The van der Waals surface area contributed by atoms with Crippen LogP contribution < -0.4 is 11.1 Å². The van der Waals surface area contributed by atoms with Crippen LogP contribution in [-0.2, 0) is 16.1 Å². The first kappa shape index (κ1) is 19.1. The van der Waals surface area contributed by atoms with Gasteiger partial charge in [0.05, 0.1) is 10.1 Å². The molecule has 0 aliphatic rings. The Morgan fingerprint density at radius 2 is 2.26 bits per heavy atom. The molecule has 0 bridgehead atoms. The van der Waals surface area contributed by atoms with E-state index in [0.29, 0.717) is 29.1 Å². The van der Waals surface area contributed by atoms with Crippen LogP contribution in [-0.4, -0.2) is 37.0 Å². The molecule has 3 aromatic rings. The molecule has 0 aliphatic carbocycles. The second-order valence-corrected chi connectivity index (χ2v) is 7.98. The van der Waals surface area contributed by atoms with Crippen molar-refractivity contribution in [3.63, 3.8) is 0 Å². The van der Waals surface area contributed by atoms with E-state index in [1.807, 2.05) is 22.1 Å². The van der Waals surface area contributed by atoms with Gasteiger partial charge in [0.1, 0.15) is 5.76 Å². The molecule has 0 aliphatic heterocycles. The van der Waals surface area contributed by atoms with Crippen LogP contribution in [0.25, 0.3) is 10.7 Å². The average Bonchev–Trinajstić information content (AvgIpc) is 3.34. The summed E-state index contributed by atoms with van der Waals surface area (Å²) >= 11 is 2.77. The van der Waals surface area contributed by atoms with Crippen LogP contribution in [0.1, 0.15) is 19.1 Å². The van der Waals surface area contributed by atoms with Crippen LogP contribution in [0.4, 0.5) is 5.82 Å². The minimum Gasteiger partial charge on any atom is -0.370 e. The van der Waals surface area contributed by atoms with Gasteiger partial charge in [-0.05, 0) is 25.3 Å². The van der Waals surface area contributed by atoms with Gasteiger partial charge >= 0.3 is 0 Å². The number of nitrogens with two attached hydrogens (primary N) is 1. The predicted molar refractivity (Wildman–Crippen MR) is 102 cm³/mol. The largest absolute Gasteiger partial charge is 0.370 e. The first-order valence-corrected chi connectivity index (χ1v) is 9.86. The molecule has 3 rings (SSSR count). The number of primary amides is 1. The van der Waals surface area contributed by atoms with Crippen molar-refractivity contribution in [1.82, 2.24) is 19.9 Å². The maximum Gasteiger partial charge on any atom is 0.238 e. The lowest BCUT2D eigenvalue weighted by atomic mass is 10.4. The van der Waals surface area contributed by atoms with Crippen LogP contribution in [0.2, 0.25) is 0 Å². The van der Waals surface area contributed by atoms with Gasteiger partial charge in [-0.25, -0.2) is 0 Å². The van der Waals surface area contributed by atoms with Crippen LogP contribution >= 0.6 is 23.1 Å². The summed E-state index contributed by atoms with van der Waals surface area (Å²) in [4.78, 5) is 24.5. The van der Waals surface area contributed by atoms with Crippen LogP contribution in [0.5, 0.6) is 0 Å². The monoisotopic (exact) mass is 406 g/mol. The van der Waals surface area contributed by atoms with Gasteiger partial charge in [0, 0.05) is 19.0 Å². The highest BCUT2D eigenvalue weighted by Gasteiger charge is 2.22. The molecule has 0 radical (unpaired) electrons. The molecule has 0 saturated heterocycles. The molecule has 9 nitrogen and oxygen atoms in total. The third-order valence-corrected chi connectivity index (χ3v) is 5.52. The van der Waals surface area contributed by atoms with Gasteiger partial charge in [0.15, 0.2) is 16.8 Å². The van der Waals surface area contributed by atoms with Gasteiger partial charge in [0.25, 0.3) is 0 Å². The van der Waals surface area contributed by atoms with Crippen molar-refractivity contribution in [2.45, 2.75) is 37.2 Å². The Labute approximate surface area is 163 Å². The molecule has 27 heavy (non-hydrogen) atoms. The maximum absolute atomic E-state index is 12.4. The topological polar surface area (TPSA) is 129 Å². The van der Waals surface area contributed by atoms with Gasteiger partial charge < -0.3 is 20.1 Å². The minimum atomic E-state index is -0.463. The molecule has 3 N–H and O–H groups in total. The summed E-state index contributed by atoms with van der Waals surface area (Å²) in [7, 11) is 0. The molecule has 1 atom stereocenters. The fourth-order valence-electron chi connectivity index (χ4n) is 2.25. The Balaban J connectivity index is 1.76. The summed E-state index contributed by atoms with van der Waals surface area (Å²) in [6.45, 7) is 3.84. The summed E-state index contributed by atoms with van der Waals surface area (Å²) < 4.78 is 6.75. The number of anilines is 1. The van der Waals surface area contributed by atoms with E-state index >= 15 is 0 Å². The number of hydrogen-bond donors (Lipinski definition) is 2. The number of rotatable bonds is 8. The molecule has 0 fully saturated rings. The second-order valence-electron chi connectivity index (χ2n) is 5.72. The van der Waals surface area contributed by atoms with Crippen molar-refractivity contribution in [2.75, 3.05) is 5.32 Å². The Kier molecular flexibility index (Phi) is 5.91. The number of amides is 2. The quantitative estimate of drug-likeness (QED) is 0.549. The Morgan fingerprint density at radius 3 is 2.89 bits per heavy atom. The highest BCUT2D eigenvalue weighted by Crippen LogP contribution is 2.29. The predicted octanol–water partition coefficient (Wildman–Crippen LogP) is 2.30. The van der Waals surface area contributed by atoms with Crippen molar-refractivity contribution in [3.8, 4) is 10.7 Å². The summed E-state index contributed by atoms with van der Waals surface area (Å²) in [5.74, 6) is 0.963. The van der Waals surface area contributed by atoms with E-state index in [1.165, 1.54) is 23.1 Å². The van der Waals surface area contributed by atoms with E-state index in [0.717, 1.165) is 4.88 Å². The molecule has 0 unspecified atom stereocenters. The summed E-state index contributed by atoms with van der Waals surface area (Å²) in [5.41, 5.74) is 5.29.